The number of esters is 1. The summed E-state index contributed by atoms with van der Waals surface area (Å²) in [5, 5.41) is 0. The normalized spacial score (nSPS) is 14.4. The van der Waals surface area contributed by atoms with Gasteiger partial charge in [-0.3, -0.25) is 4.79 Å². The quantitative estimate of drug-likeness (QED) is 0.832. The van der Waals surface area contributed by atoms with Gasteiger partial charge in [0.05, 0.1) is 19.3 Å². The first-order valence-electron chi connectivity index (χ1n) is 8.45. The number of aryl methyl sites for hydroxylation is 1. The van der Waals surface area contributed by atoms with Crippen LogP contribution in [0.2, 0.25) is 0 Å². The monoisotopic (exact) mass is 351 g/mol. The Morgan fingerprint density at radius 2 is 1.68 bits per heavy atom. The number of carbonyl (C=O) groups excluding carboxylic acids is 3. The number of hydrogen-bond donors (Lipinski definition) is 1. The summed E-state index contributed by atoms with van der Waals surface area (Å²) in [4.78, 5) is 42.9. The molecular formula is C17H25N3O5. The van der Waals surface area contributed by atoms with Gasteiger partial charge >= 0.3 is 12.1 Å². The first-order valence-corrected chi connectivity index (χ1v) is 8.45. The van der Waals surface area contributed by atoms with Crippen molar-refractivity contribution < 1.29 is 23.9 Å². The average molecular weight is 351 g/mol. The Labute approximate surface area is 147 Å². The van der Waals surface area contributed by atoms with E-state index in [1.165, 1.54) is 7.11 Å². The third-order valence-corrected chi connectivity index (χ3v) is 4.38. The minimum atomic E-state index is -0.447. The Hall–Kier alpha value is -2.51. The number of aromatic amines is 1. The van der Waals surface area contributed by atoms with Crippen LogP contribution in [0.1, 0.15) is 46.0 Å². The number of nitrogens with one attached hydrogen (secondary N) is 1. The molecule has 1 saturated heterocycles. The van der Waals surface area contributed by atoms with Crippen LogP contribution in [0, 0.1) is 6.92 Å². The molecule has 0 unspecified atom stereocenters. The van der Waals surface area contributed by atoms with Crippen LogP contribution in [-0.4, -0.2) is 72.6 Å². The highest BCUT2D eigenvalue weighted by atomic mass is 16.6. The summed E-state index contributed by atoms with van der Waals surface area (Å²) in [5.41, 5.74) is 2.12. The summed E-state index contributed by atoms with van der Waals surface area (Å²) in [6.07, 6.45) is 0.238. The van der Waals surface area contributed by atoms with Crippen LogP contribution in [0.3, 0.4) is 0 Å². The second-order valence-electron chi connectivity index (χ2n) is 5.80. The Kier molecular flexibility index (Phi) is 6.06. The lowest BCUT2D eigenvalue weighted by Gasteiger charge is -2.34. The third-order valence-electron chi connectivity index (χ3n) is 4.38. The molecule has 8 heteroatoms. The van der Waals surface area contributed by atoms with Gasteiger partial charge in [0.2, 0.25) is 0 Å². The van der Waals surface area contributed by atoms with Gasteiger partial charge in [-0.1, -0.05) is 6.92 Å². The van der Waals surface area contributed by atoms with Crippen molar-refractivity contribution in [2.24, 2.45) is 0 Å². The number of rotatable bonds is 4. The van der Waals surface area contributed by atoms with E-state index in [1.807, 2.05) is 6.92 Å². The fourth-order valence-electron chi connectivity index (χ4n) is 2.98. The smallest absolute Gasteiger partial charge is 0.409 e. The summed E-state index contributed by atoms with van der Waals surface area (Å²) in [6, 6.07) is 0. The van der Waals surface area contributed by atoms with Gasteiger partial charge in [-0.2, -0.15) is 0 Å². The molecule has 8 nitrogen and oxygen atoms in total. The zero-order valence-corrected chi connectivity index (χ0v) is 15.2. The van der Waals surface area contributed by atoms with Crippen LogP contribution in [-0.2, 0) is 15.9 Å². The summed E-state index contributed by atoms with van der Waals surface area (Å²) in [6.45, 7) is 7.43. The SMILES string of the molecule is CCOC(=O)N1CCN(C(=O)c2[nH]c(CC)c(C(=O)OC)c2C)CC1. The van der Waals surface area contributed by atoms with E-state index in [9.17, 15) is 14.4 Å². The van der Waals surface area contributed by atoms with Crippen molar-refractivity contribution in [3.63, 3.8) is 0 Å². The van der Waals surface area contributed by atoms with E-state index in [4.69, 9.17) is 9.47 Å². The molecule has 2 rings (SSSR count). The van der Waals surface area contributed by atoms with Crippen molar-refractivity contribution in [3.8, 4) is 0 Å². The van der Waals surface area contributed by atoms with Crippen LogP contribution in [0.25, 0.3) is 0 Å². The maximum absolute atomic E-state index is 12.8. The number of ether oxygens (including phenoxy) is 2. The van der Waals surface area contributed by atoms with E-state index in [0.717, 1.165) is 0 Å². The topological polar surface area (TPSA) is 91.9 Å². The van der Waals surface area contributed by atoms with Gasteiger partial charge in [-0.05, 0) is 25.8 Å². The summed E-state index contributed by atoms with van der Waals surface area (Å²) in [7, 11) is 1.32. The molecule has 1 aliphatic heterocycles. The molecule has 0 spiro atoms. The van der Waals surface area contributed by atoms with Crippen LogP contribution < -0.4 is 0 Å². The second-order valence-corrected chi connectivity index (χ2v) is 5.80. The van der Waals surface area contributed by atoms with E-state index in [0.29, 0.717) is 61.7 Å². The highest BCUT2D eigenvalue weighted by Crippen LogP contribution is 2.22. The summed E-state index contributed by atoms with van der Waals surface area (Å²) >= 11 is 0. The first kappa shape index (κ1) is 18.8. The summed E-state index contributed by atoms with van der Waals surface area (Å²) in [5.74, 6) is -0.623. The fourth-order valence-corrected chi connectivity index (χ4v) is 2.98. The molecule has 0 radical (unpaired) electrons. The number of methoxy groups -OCH3 is 1. The van der Waals surface area contributed by atoms with Gasteiger partial charge in [0.25, 0.3) is 5.91 Å². The molecule has 0 saturated carbocycles. The Morgan fingerprint density at radius 1 is 1.08 bits per heavy atom. The number of hydrogen-bond acceptors (Lipinski definition) is 5. The highest BCUT2D eigenvalue weighted by Gasteiger charge is 2.29. The summed E-state index contributed by atoms with van der Waals surface area (Å²) < 4.78 is 9.80. The Morgan fingerprint density at radius 3 is 2.20 bits per heavy atom. The minimum Gasteiger partial charge on any atom is -0.465 e. The molecule has 1 fully saturated rings. The van der Waals surface area contributed by atoms with Crippen molar-refractivity contribution in [1.29, 1.82) is 0 Å². The standard InChI is InChI=1S/C17H25N3O5/c1-5-12-13(16(22)24-4)11(3)14(18-12)15(21)19-7-9-20(10-8-19)17(23)25-6-2/h18H,5-10H2,1-4H3. The van der Waals surface area contributed by atoms with Crippen molar-refractivity contribution in [2.45, 2.75) is 27.2 Å². The molecule has 2 heterocycles. The van der Waals surface area contributed by atoms with Crippen LogP contribution in [0.15, 0.2) is 0 Å². The number of amides is 2. The molecule has 138 valence electrons. The largest absolute Gasteiger partial charge is 0.465 e. The zero-order valence-electron chi connectivity index (χ0n) is 15.2. The minimum absolute atomic E-state index is 0.175. The van der Waals surface area contributed by atoms with E-state index in [1.54, 1.807) is 23.6 Å². The number of carbonyl (C=O) groups is 3. The fraction of sp³-hybridized carbons (Fsp3) is 0.588. The zero-order chi connectivity index (χ0) is 18.6. The molecule has 25 heavy (non-hydrogen) atoms. The molecule has 1 aromatic rings. The molecule has 1 N–H and O–H groups in total. The molecule has 0 bridgehead atoms. The molecular weight excluding hydrogens is 326 g/mol. The van der Waals surface area contributed by atoms with Crippen molar-refractivity contribution in [1.82, 2.24) is 14.8 Å². The number of nitrogens with zero attached hydrogens (tertiary/aromatic N) is 2. The van der Waals surface area contributed by atoms with E-state index < -0.39 is 5.97 Å². The van der Waals surface area contributed by atoms with Crippen molar-refractivity contribution in [2.75, 3.05) is 39.9 Å². The first-order chi connectivity index (χ1) is 11.9. The van der Waals surface area contributed by atoms with Gasteiger partial charge in [0, 0.05) is 31.9 Å². The lowest BCUT2D eigenvalue weighted by atomic mass is 10.1. The second kappa shape index (κ2) is 8.04. The Balaban J connectivity index is 2.13. The Bertz CT molecular complexity index is 659. The van der Waals surface area contributed by atoms with Crippen molar-refractivity contribution in [3.05, 3.63) is 22.5 Å². The molecule has 1 aliphatic rings. The molecule has 1 aromatic heterocycles. The molecule has 0 aromatic carbocycles. The molecule has 0 aliphatic carbocycles. The lowest BCUT2D eigenvalue weighted by Crippen LogP contribution is -2.50. The van der Waals surface area contributed by atoms with Gasteiger partial charge in [0.1, 0.15) is 5.69 Å². The predicted octanol–water partition coefficient (Wildman–Crippen LogP) is 1.59. The van der Waals surface area contributed by atoms with Crippen molar-refractivity contribution >= 4 is 18.0 Å². The van der Waals surface area contributed by atoms with E-state index >= 15 is 0 Å². The lowest BCUT2D eigenvalue weighted by molar-refractivity contribution is 0.0565. The van der Waals surface area contributed by atoms with Crippen LogP contribution >= 0.6 is 0 Å². The van der Waals surface area contributed by atoms with Crippen LogP contribution in [0.5, 0.6) is 0 Å². The van der Waals surface area contributed by atoms with Gasteiger partial charge in [-0.25, -0.2) is 9.59 Å². The maximum Gasteiger partial charge on any atom is 0.409 e. The van der Waals surface area contributed by atoms with Gasteiger partial charge in [-0.15, -0.1) is 0 Å². The predicted molar refractivity (Wildman–Crippen MR) is 90.7 cm³/mol. The number of piperazine rings is 1. The van der Waals surface area contributed by atoms with E-state index in [-0.39, 0.29) is 12.0 Å². The average Bonchev–Trinajstić information content (AvgIpc) is 2.97. The number of aromatic nitrogens is 1. The highest BCUT2D eigenvalue weighted by molar-refractivity contribution is 6.00. The van der Waals surface area contributed by atoms with Crippen LogP contribution in [0.4, 0.5) is 4.79 Å². The van der Waals surface area contributed by atoms with Gasteiger partial charge in [0.15, 0.2) is 0 Å². The molecule has 2 amide bonds. The maximum atomic E-state index is 12.8. The van der Waals surface area contributed by atoms with E-state index in [2.05, 4.69) is 4.98 Å². The molecule has 0 atom stereocenters. The number of H-pyrrole nitrogens is 1. The third kappa shape index (κ3) is 3.78. The van der Waals surface area contributed by atoms with Gasteiger partial charge < -0.3 is 24.3 Å².